The largest absolute Gasteiger partial charge is 0.480 e. The summed E-state index contributed by atoms with van der Waals surface area (Å²) in [5.41, 5.74) is 0. The number of carbonyl (C=O) groups excluding carboxylic acids is 1. The van der Waals surface area contributed by atoms with Gasteiger partial charge in [0.15, 0.2) is 0 Å². The Morgan fingerprint density at radius 3 is 2.62 bits per heavy atom. The minimum Gasteiger partial charge on any atom is -0.480 e. The molecule has 2 atom stereocenters. The van der Waals surface area contributed by atoms with E-state index in [0.29, 0.717) is 6.42 Å². The van der Waals surface area contributed by atoms with Crippen molar-refractivity contribution >= 4 is 11.9 Å². The standard InChI is InChI=1S/C11H20N2O3/c1-7(2)6-9(11(15)16)13-10(14)8-4-3-5-12-8/h7-9,12H,3-6H2,1-2H3,(H,13,14)(H,15,16)/t8-,9?/m1/s1. The summed E-state index contributed by atoms with van der Waals surface area (Å²) in [6.45, 7) is 4.71. The minimum absolute atomic E-state index is 0.189. The van der Waals surface area contributed by atoms with Gasteiger partial charge in [-0.3, -0.25) is 4.79 Å². The maximum Gasteiger partial charge on any atom is 0.326 e. The summed E-state index contributed by atoms with van der Waals surface area (Å²) < 4.78 is 0. The molecule has 5 nitrogen and oxygen atoms in total. The van der Waals surface area contributed by atoms with E-state index < -0.39 is 12.0 Å². The van der Waals surface area contributed by atoms with Gasteiger partial charge in [-0.25, -0.2) is 4.79 Å². The van der Waals surface area contributed by atoms with Crippen LogP contribution < -0.4 is 10.6 Å². The van der Waals surface area contributed by atoms with Crippen molar-refractivity contribution in [2.45, 2.75) is 45.2 Å². The van der Waals surface area contributed by atoms with Gasteiger partial charge in [0.1, 0.15) is 6.04 Å². The van der Waals surface area contributed by atoms with Crippen LogP contribution in [0.1, 0.15) is 33.1 Å². The molecular formula is C11H20N2O3. The lowest BCUT2D eigenvalue weighted by Gasteiger charge is -2.18. The quantitative estimate of drug-likeness (QED) is 0.634. The Balaban J connectivity index is 2.47. The second-order valence-corrected chi connectivity index (χ2v) is 4.68. The Bertz CT molecular complexity index is 260. The maximum absolute atomic E-state index is 11.7. The summed E-state index contributed by atoms with van der Waals surface area (Å²) in [5, 5.41) is 14.6. The van der Waals surface area contributed by atoms with Crippen molar-refractivity contribution in [2.24, 2.45) is 5.92 Å². The van der Waals surface area contributed by atoms with Gasteiger partial charge >= 0.3 is 5.97 Å². The molecule has 0 saturated carbocycles. The highest BCUT2D eigenvalue weighted by molar-refractivity contribution is 5.87. The second-order valence-electron chi connectivity index (χ2n) is 4.68. The maximum atomic E-state index is 11.7. The van der Waals surface area contributed by atoms with E-state index in [-0.39, 0.29) is 17.9 Å². The summed E-state index contributed by atoms with van der Waals surface area (Å²) in [4.78, 5) is 22.7. The third-order valence-corrected chi connectivity index (χ3v) is 2.70. The Morgan fingerprint density at radius 1 is 1.50 bits per heavy atom. The fraction of sp³-hybridized carbons (Fsp3) is 0.818. The van der Waals surface area contributed by atoms with Crippen molar-refractivity contribution in [3.05, 3.63) is 0 Å². The van der Waals surface area contributed by atoms with Gasteiger partial charge in [-0.15, -0.1) is 0 Å². The molecule has 16 heavy (non-hydrogen) atoms. The third-order valence-electron chi connectivity index (χ3n) is 2.70. The summed E-state index contributed by atoms with van der Waals surface area (Å²) in [6.07, 6.45) is 2.23. The van der Waals surface area contributed by atoms with Gasteiger partial charge in [-0.2, -0.15) is 0 Å². The van der Waals surface area contributed by atoms with Crippen LogP contribution in [0, 0.1) is 5.92 Å². The average molecular weight is 228 g/mol. The molecule has 3 N–H and O–H groups in total. The van der Waals surface area contributed by atoms with Gasteiger partial charge in [0, 0.05) is 0 Å². The highest BCUT2D eigenvalue weighted by Crippen LogP contribution is 2.08. The van der Waals surface area contributed by atoms with Crippen LogP contribution in [0.2, 0.25) is 0 Å². The van der Waals surface area contributed by atoms with Crippen LogP contribution in [-0.4, -0.2) is 35.6 Å². The van der Waals surface area contributed by atoms with Crippen LogP contribution in [0.4, 0.5) is 0 Å². The first-order valence-corrected chi connectivity index (χ1v) is 5.77. The van der Waals surface area contributed by atoms with E-state index in [1.165, 1.54) is 0 Å². The van der Waals surface area contributed by atoms with Crippen molar-refractivity contribution < 1.29 is 14.7 Å². The Hall–Kier alpha value is -1.10. The van der Waals surface area contributed by atoms with Gasteiger partial charge in [-0.05, 0) is 31.7 Å². The van der Waals surface area contributed by atoms with Crippen LogP contribution in [0.3, 0.4) is 0 Å². The molecule has 0 bridgehead atoms. The molecule has 1 aliphatic heterocycles. The van der Waals surface area contributed by atoms with Crippen molar-refractivity contribution in [3.8, 4) is 0 Å². The molecule has 92 valence electrons. The Labute approximate surface area is 95.6 Å². The number of hydrogen-bond acceptors (Lipinski definition) is 3. The van der Waals surface area contributed by atoms with E-state index in [2.05, 4.69) is 10.6 Å². The molecule has 0 aliphatic carbocycles. The SMILES string of the molecule is CC(C)CC(NC(=O)[C@H]1CCCN1)C(=O)O. The van der Waals surface area contributed by atoms with Crippen LogP contribution in [-0.2, 0) is 9.59 Å². The van der Waals surface area contributed by atoms with E-state index in [9.17, 15) is 9.59 Å². The summed E-state index contributed by atoms with van der Waals surface area (Å²) in [5.74, 6) is -0.900. The molecule has 1 saturated heterocycles. The zero-order valence-electron chi connectivity index (χ0n) is 9.82. The first kappa shape index (κ1) is 13.0. The number of carbonyl (C=O) groups is 2. The normalized spacial score (nSPS) is 22.1. The summed E-state index contributed by atoms with van der Waals surface area (Å²) in [6, 6.07) is -0.982. The first-order chi connectivity index (χ1) is 7.50. The molecule has 0 aromatic heterocycles. The molecule has 5 heteroatoms. The molecule has 1 aliphatic rings. The van der Waals surface area contributed by atoms with Crippen molar-refractivity contribution in [2.75, 3.05) is 6.54 Å². The average Bonchev–Trinajstić information content (AvgIpc) is 2.68. The van der Waals surface area contributed by atoms with Gasteiger partial charge in [0.05, 0.1) is 6.04 Å². The minimum atomic E-state index is -0.958. The van der Waals surface area contributed by atoms with Crippen molar-refractivity contribution in [1.29, 1.82) is 0 Å². The number of rotatable bonds is 5. The number of amides is 1. The highest BCUT2D eigenvalue weighted by Gasteiger charge is 2.27. The van der Waals surface area contributed by atoms with Gasteiger partial charge in [0.2, 0.25) is 5.91 Å². The van der Waals surface area contributed by atoms with E-state index in [1.807, 2.05) is 13.8 Å². The molecule has 0 spiro atoms. The van der Waals surface area contributed by atoms with Gasteiger partial charge < -0.3 is 15.7 Å². The Kier molecular flexibility index (Phi) is 4.73. The molecule has 0 aromatic carbocycles. The van der Waals surface area contributed by atoms with E-state index in [0.717, 1.165) is 19.4 Å². The number of hydrogen-bond donors (Lipinski definition) is 3. The van der Waals surface area contributed by atoms with Crippen LogP contribution >= 0.6 is 0 Å². The lowest BCUT2D eigenvalue weighted by Crippen LogP contribution is -2.48. The van der Waals surface area contributed by atoms with E-state index in [1.54, 1.807) is 0 Å². The molecule has 0 radical (unpaired) electrons. The lowest BCUT2D eigenvalue weighted by molar-refractivity contribution is -0.142. The van der Waals surface area contributed by atoms with Crippen LogP contribution in [0.25, 0.3) is 0 Å². The van der Waals surface area contributed by atoms with Gasteiger partial charge in [-0.1, -0.05) is 13.8 Å². The first-order valence-electron chi connectivity index (χ1n) is 5.77. The predicted molar refractivity (Wildman–Crippen MR) is 60.0 cm³/mol. The molecule has 1 heterocycles. The smallest absolute Gasteiger partial charge is 0.326 e. The molecular weight excluding hydrogens is 208 g/mol. The molecule has 1 rings (SSSR count). The van der Waals surface area contributed by atoms with Crippen molar-refractivity contribution in [3.63, 3.8) is 0 Å². The Morgan fingerprint density at radius 2 is 2.19 bits per heavy atom. The monoisotopic (exact) mass is 228 g/mol. The zero-order valence-corrected chi connectivity index (χ0v) is 9.82. The molecule has 1 fully saturated rings. The lowest BCUT2D eigenvalue weighted by atomic mass is 10.0. The zero-order chi connectivity index (χ0) is 12.1. The van der Waals surface area contributed by atoms with Crippen LogP contribution in [0.5, 0.6) is 0 Å². The molecule has 1 unspecified atom stereocenters. The van der Waals surface area contributed by atoms with E-state index >= 15 is 0 Å². The highest BCUT2D eigenvalue weighted by atomic mass is 16.4. The molecule has 0 aromatic rings. The fourth-order valence-corrected chi connectivity index (χ4v) is 1.87. The topological polar surface area (TPSA) is 78.4 Å². The van der Waals surface area contributed by atoms with Crippen molar-refractivity contribution in [1.82, 2.24) is 10.6 Å². The molecule has 1 amide bonds. The summed E-state index contributed by atoms with van der Waals surface area (Å²) in [7, 11) is 0. The third kappa shape index (κ3) is 3.81. The predicted octanol–water partition coefficient (Wildman–Crippen LogP) is 0.354. The second kappa shape index (κ2) is 5.84. The number of nitrogens with one attached hydrogen (secondary N) is 2. The van der Waals surface area contributed by atoms with Gasteiger partial charge in [0.25, 0.3) is 0 Å². The fourth-order valence-electron chi connectivity index (χ4n) is 1.87. The number of aliphatic carboxylic acids is 1. The summed E-state index contributed by atoms with van der Waals surface area (Å²) >= 11 is 0. The van der Waals surface area contributed by atoms with E-state index in [4.69, 9.17) is 5.11 Å². The number of carboxylic acids is 1. The number of carboxylic acid groups (broad SMARTS) is 1. The van der Waals surface area contributed by atoms with Crippen LogP contribution in [0.15, 0.2) is 0 Å².